The summed E-state index contributed by atoms with van der Waals surface area (Å²) in [4.78, 5) is 18.3. The summed E-state index contributed by atoms with van der Waals surface area (Å²) in [5, 5.41) is 7.71. The van der Waals surface area contributed by atoms with Crippen LogP contribution in [-0.4, -0.2) is 20.6 Å². The normalized spacial score (nSPS) is 17.1. The number of aromatic nitrogens is 2. The number of halogens is 1. The van der Waals surface area contributed by atoms with E-state index in [1.807, 2.05) is 61.5 Å². The molecule has 0 bridgehead atoms. The van der Waals surface area contributed by atoms with Crippen LogP contribution in [0.3, 0.4) is 0 Å². The number of rotatable bonds is 5. The van der Waals surface area contributed by atoms with E-state index in [1.165, 1.54) is 6.92 Å². The van der Waals surface area contributed by atoms with Gasteiger partial charge in [0, 0.05) is 46.6 Å². The number of thiocarbonyl (C=S) groups is 1. The fraction of sp³-hybridized carbons (Fsp3) is 0.207. The molecular formula is C29H28ClN5OS. The second-order valence-corrected chi connectivity index (χ2v) is 10.1. The lowest BCUT2D eigenvalue weighted by atomic mass is 9.96. The zero-order chi connectivity index (χ0) is 26.3. The van der Waals surface area contributed by atoms with Crippen LogP contribution in [0.1, 0.15) is 47.2 Å². The zero-order valence-corrected chi connectivity index (χ0v) is 22.7. The van der Waals surface area contributed by atoms with Crippen molar-refractivity contribution in [3.05, 3.63) is 106 Å². The van der Waals surface area contributed by atoms with E-state index < -0.39 is 0 Å². The molecule has 188 valence electrons. The highest BCUT2D eigenvalue weighted by atomic mass is 35.5. The van der Waals surface area contributed by atoms with Crippen molar-refractivity contribution in [1.29, 1.82) is 0 Å². The second-order valence-electron chi connectivity index (χ2n) is 9.27. The first-order valence-corrected chi connectivity index (χ1v) is 12.9. The van der Waals surface area contributed by atoms with Crippen LogP contribution < -0.4 is 15.5 Å². The Morgan fingerprint density at radius 2 is 1.81 bits per heavy atom. The Bertz CT molecular complexity index is 1480. The van der Waals surface area contributed by atoms with Gasteiger partial charge in [-0.05, 0) is 98.7 Å². The fourth-order valence-electron chi connectivity index (χ4n) is 5.15. The van der Waals surface area contributed by atoms with Crippen LogP contribution in [0.5, 0.6) is 0 Å². The average molecular weight is 530 g/mol. The topological polar surface area (TPSA) is 62.2 Å². The molecule has 8 heteroatoms. The largest absolute Gasteiger partial charge is 0.351 e. The molecule has 2 atom stereocenters. The summed E-state index contributed by atoms with van der Waals surface area (Å²) in [6.07, 6.45) is 1.81. The Labute approximate surface area is 227 Å². The summed E-state index contributed by atoms with van der Waals surface area (Å²) in [6, 6.07) is 21.6. The van der Waals surface area contributed by atoms with Gasteiger partial charge >= 0.3 is 0 Å². The maximum Gasteiger partial charge on any atom is 0.221 e. The molecule has 2 unspecified atom stereocenters. The van der Waals surface area contributed by atoms with Crippen molar-refractivity contribution in [3.8, 4) is 5.69 Å². The van der Waals surface area contributed by atoms with Gasteiger partial charge in [-0.3, -0.25) is 9.78 Å². The molecule has 37 heavy (non-hydrogen) atoms. The lowest BCUT2D eigenvalue weighted by Crippen LogP contribution is -2.29. The monoisotopic (exact) mass is 529 g/mol. The molecule has 6 nitrogen and oxygen atoms in total. The zero-order valence-electron chi connectivity index (χ0n) is 21.1. The number of amides is 1. The maximum atomic E-state index is 11.5. The molecule has 2 aromatic heterocycles. The summed E-state index contributed by atoms with van der Waals surface area (Å²) in [7, 11) is 0. The van der Waals surface area contributed by atoms with E-state index in [-0.39, 0.29) is 18.0 Å². The van der Waals surface area contributed by atoms with Crippen LogP contribution in [0, 0.1) is 20.8 Å². The third kappa shape index (κ3) is 4.61. The van der Waals surface area contributed by atoms with Gasteiger partial charge in [0.25, 0.3) is 0 Å². The van der Waals surface area contributed by atoms with Gasteiger partial charge in [0.1, 0.15) is 0 Å². The molecule has 0 spiro atoms. The highest BCUT2D eigenvalue weighted by molar-refractivity contribution is 7.80. The summed E-state index contributed by atoms with van der Waals surface area (Å²) in [5.41, 5.74) is 8.03. The lowest BCUT2D eigenvalue weighted by Gasteiger charge is -2.28. The van der Waals surface area contributed by atoms with Gasteiger partial charge in [-0.25, -0.2) is 0 Å². The van der Waals surface area contributed by atoms with Crippen molar-refractivity contribution >= 4 is 46.2 Å². The molecule has 5 rings (SSSR count). The van der Waals surface area contributed by atoms with Gasteiger partial charge in [0.05, 0.1) is 17.8 Å². The summed E-state index contributed by atoms with van der Waals surface area (Å²) in [5.74, 6) is -0.108. The number of nitrogens with zero attached hydrogens (tertiary/aromatic N) is 3. The van der Waals surface area contributed by atoms with Crippen LogP contribution in [0.4, 0.5) is 11.4 Å². The number of hydrogen-bond acceptors (Lipinski definition) is 3. The number of aryl methyl sites for hydroxylation is 1. The predicted octanol–water partition coefficient (Wildman–Crippen LogP) is 6.59. The summed E-state index contributed by atoms with van der Waals surface area (Å²) in [6.45, 7) is 7.79. The first-order chi connectivity index (χ1) is 17.8. The highest BCUT2D eigenvalue weighted by Crippen LogP contribution is 2.44. The molecule has 0 radical (unpaired) electrons. The number of carbonyl (C=O) groups is 1. The van der Waals surface area contributed by atoms with Crippen LogP contribution in [0.25, 0.3) is 5.69 Å². The third-order valence-corrected chi connectivity index (χ3v) is 7.56. The smallest absolute Gasteiger partial charge is 0.221 e. The number of pyridine rings is 1. The highest BCUT2D eigenvalue weighted by Gasteiger charge is 2.42. The van der Waals surface area contributed by atoms with E-state index in [0.717, 1.165) is 50.3 Å². The molecule has 0 aliphatic carbocycles. The van der Waals surface area contributed by atoms with E-state index in [4.69, 9.17) is 23.8 Å². The first-order valence-electron chi connectivity index (χ1n) is 12.1. The van der Waals surface area contributed by atoms with Gasteiger partial charge in [0.15, 0.2) is 5.11 Å². The Balaban J connectivity index is 1.65. The Kier molecular flexibility index (Phi) is 6.75. The first kappa shape index (κ1) is 25.0. The van der Waals surface area contributed by atoms with E-state index in [1.54, 1.807) is 6.20 Å². The molecule has 2 N–H and O–H groups in total. The van der Waals surface area contributed by atoms with Crippen molar-refractivity contribution in [2.45, 2.75) is 39.8 Å². The standard InChI is InChI=1S/C29H28ClN5OS/c1-17-16-23(19(3)34(17)26-10-7-8-24(30)18(26)2)28-27(25-9-5-6-15-31-25)33-29(37)35(28)22-13-11-21(12-14-22)32-20(4)36/h5-16,27-28H,1-4H3,(H,32,36)(H,33,37). The van der Waals surface area contributed by atoms with E-state index >= 15 is 0 Å². The van der Waals surface area contributed by atoms with Crippen LogP contribution in [-0.2, 0) is 4.79 Å². The van der Waals surface area contributed by atoms with Crippen molar-refractivity contribution in [2.24, 2.45) is 0 Å². The molecule has 4 aromatic rings. The van der Waals surface area contributed by atoms with Crippen molar-refractivity contribution in [3.63, 3.8) is 0 Å². The number of benzene rings is 2. The summed E-state index contributed by atoms with van der Waals surface area (Å²) < 4.78 is 2.26. The fourth-order valence-corrected chi connectivity index (χ4v) is 5.67. The Hall–Kier alpha value is -3.68. The third-order valence-electron chi connectivity index (χ3n) is 6.83. The van der Waals surface area contributed by atoms with Gasteiger partial charge in [-0.15, -0.1) is 0 Å². The molecular weight excluding hydrogens is 502 g/mol. The van der Waals surface area contributed by atoms with E-state index in [9.17, 15) is 4.79 Å². The number of carbonyl (C=O) groups excluding carboxylic acids is 1. The lowest BCUT2D eigenvalue weighted by molar-refractivity contribution is -0.114. The minimum absolute atomic E-state index is 0.108. The van der Waals surface area contributed by atoms with Gasteiger partial charge < -0.3 is 20.1 Å². The quantitative estimate of drug-likeness (QED) is 0.286. The number of nitrogens with one attached hydrogen (secondary N) is 2. The molecule has 1 aliphatic heterocycles. The average Bonchev–Trinajstić information content (AvgIpc) is 3.37. The predicted molar refractivity (Wildman–Crippen MR) is 154 cm³/mol. The van der Waals surface area contributed by atoms with Gasteiger partial charge in [-0.1, -0.05) is 23.7 Å². The molecule has 1 aliphatic rings. The SMILES string of the molecule is CC(=O)Nc1ccc(N2C(=S)NC(c3ccccn3)C2c2cc(C)n(-c3cccc(Cl)c3C)c2C)cc1. The van der Waals surface area contributed by atoms with Crippen molar-refractivity contribution in [1.82, 2.24) is 14.9 Å². The molecule has 2 aromatic carbocycles. The second kappa shape index (κ2) is 10.00. The van der Waals surface area contributed by atoms with Crippen LogP contribution in [0.15, 0.2) is 72.9 Å². The minimum Gasteiger partial charge on any atom is -0.351 e. The molecule has 3 heterocycles. The number of anilines is 2. The molecule has 1 saturated heterocycles. The van der Waals surface area contributed by atoms with Gasteiger partial charge in [-0.2, -0.15) is 0 Å². The molecule has 1 fully saturated rings. The van der Waals surface area contributed by atoms with Crippen molar-refractivity contribution in [2.75, 3.05) is 10.2 Å². The summed E-state index contributed by atoms with van der Waals surface area (Å²) >= 11 is 12.4. The molecule has 1 amide bonds. The van der Waals surface area contributed by atoms with Crippen LogP contribution in [0.2, 0.25) is 5.02 Å². The maximum absolute atomic E-state index is 11.5. The van der Waals surface area contributed by atoms with Crippen molar-refractivity contribution < 1.29 is 4.79 Å². The Morgan fingerprint density at radius 3 is 2.49 bits per heavy atom. The minimum atomic E-state index is -0.155. The Morgan fingerprint density at radius 1 is 1.05 bits per heavy atom. The van der Waals surface area contributed by atoms with Crippen LogP contribution >= 0.6 is 23.8 Å². The van der Waals surface area contributed by atoms with E-state index in [2.05, 4.69) is 51.1 Å². The number of hydrogen-bond donors (Lipinski definition) is 2. The molecule has 0 saturated carbocycles. The van der Waals surface area contributed by atoms with E-state index in [0.29, 0.717) is 5.11 Å². The van der Waals surface area contributed by atoms with Gasteiger partial charge in [0.2, 0.25) is 5.91 Å².